The quantitative estimate of drug-likeness (QED) is 0.859. The van der Waals surface area contributed by atoms with Gasteiger partial charge in [0.1, 0.15) is 0 Å². The molecule has 0 saturated heterocycles. The van der Waals surface area contributed by atoms with Crippen LogP contribution in [-0.2, 0) is 14.6 Å². The first kappa shape index (κ1) is 16.2. The number of hydrogen-bond acceptors (Lipinski definition) is 3. The van der Waals surface area contributed by atoms with Gasteiger partial charge < -0.3 is 5.32 Å². The van der Waals surface area contributed by atoms with Gasteiger partial charge in [-0.2, -0.15) is 0 Å². The molecule has 0 fully saturated rings. The number of halogens is 1. The van der Waals surface area contributed by atoms with E-state index < -0.39 is 9.84 Å². The summed E-state index contributed by atoms with van der Waals surface area (Å²) in [6, 6.07) is 6.57. The minimum atomic E-state index is -3.41. The number of benzene rings is 1. The smallest absolute Gasteiger partial charge is 0.221 e. The molecule has 0 aliphatic rings. The summed E-state index contributed by atoms with van der Waals surface area (Å²) in [6.07, 6.45) is 0.809. The highest BCUT2D eigenvalue weighted by Gasteiger charge is 2.17. The number of nitrogens with one attached hydrogen (secondary N) is 1. The van der Waals surface area contributed by atoms with Gasteiger partial charge in [-0.3, -0.25) is 4.79 Å². The van der Waals surface area contributed by atoms with E-state index in [2.05, 4.69) is 21.2 Å². The van der Waals surface area contributed by atoms with Crippen LogP contribution in [0, 0.1) is 0 Å². The lowest BCUT2D eigenvalue weighted by molar-refractivity contribution is -0.121. The zero-order chi connectivity index (χ0) is 14.5. The van der Waals surface area contributed by atoms with E-state index in [1.807, 2.05) is 13.8 Å². The van der Waals surface area contributed by atoms with Gasteiger partial charge in [-0.05, 0) is 31.5 Å². The molecule has 0 radical (unpaired) electrons. The van der Waals surface area contributed by atoms with E-state index in [1.165, 1.54) is 6.07 Å². The summed E-state index contributed by atoms with van der Waals surface area (Å²) in [5, 5.41) is 2.75. The fourth-order valence-corrected chi connectivity index (χ4v) is 3.29. The van der Waals surface area contributed by atoms with Crippen LogP contribution >= 0.6 is 15.9 Å². The highest BCUT2D eigenvalue weighted by atomic mass is 79.9. The molecule has 0 unspecified atom stereocenters. The zero-order valence-electron chi connectivity index (χ0n) is 11.0. The Morgan fingerprint density at radius 3 is 2.68 bits per heavy atom. The van der Waals surface area contributed by atoms with Crippen LogP contribution in [0.15, 0.2) is 33.6 Å². The van der Waals surface area contributed by atoms with Crippen molar-refractivity contribution in [1.29, 1.82) is 0 Å². The van der Waals surface area contributed by atoms with Gasteiger partial charge in [0.2, 0.25) is 5.91 Å². The van der Waals surface area contributed by atoms with Crippen molar-refractivity contribution in [2.24, 2.45) is 0 Å². The topological polar surface area (TPSA) is 63.2 Å². The van der Waals surface area contributed by atoms with E-state index >= 15 is 0 Å². The lowest BCUT2D eigenvalue weighted by atomic mass is 10.2. The SMILES string of the molecule is CC[C@H](C)NC(=O)CCS(=O)(=O)c1cccc(Br)c1. The van der Waals surface area contributed by atoms with Crippen LogP contribution in [0.25, 0.3) is 0 Å². The van der Waals surface area contributed by atoms with Crippen LogP contribution in [-0.4, -0.2) is 26.1 Å². The van der Waals surface area contributed by atoms with Crippen LogP contribution in [0.3, 0.4) is 0 Å². The van der Waals surface area contributed by atoms with Gasteiger partial charge in [0.25, 0.3) is 0 Å². The maximum Gasteiger partial charge on any atom is 0.221 e. The van der Waals surface area contributed by atoms with E-state index in [4.69, 9.17) is 0 Å². The molecule has 0 aliphatic heterocycles. The molecule has 0 aliphatic carbocycles. The van der Waals surface area contributed by atoms with E-state index in [0.29, 0.717) is 4.47 Å². The third-order valence-corrected chi connectivity index (χ3v) is 4.98. The Labute approximate surface area is 122 Å². The van der Waals surface area contributed by atoms with Gasteiger partial charge in [-0.25, -0.2) is 8.42 Å². The predicted molar refractivity (Wildman–Crippen MR) is 78.7 cm³/mol. The third kappa shape index (κ3) is 5.32. The molecular formula is C13H18BrNO3S. The molecule has 1 rings (SSSR count). The molecule has 0 heterocycles. The number of amides is 1. The van der Waals surface area contributed by atoms with Gasteiger partial charge in [-0.1, -0.05) is 28.9 Å². The van der Waals surface area contributed by atoms with Gasteiger partial charge in [-0.15, -0.1) is 0 Å². The maximum atomic E-state index is 12.0. The van der Waals surface area contributed by atoms with Crippen molar-refractivity contribution >= 4 is 31.7 Å². The Kier molecular flexibility index (Phi) is 6.00. The van der Waals surface area contributed by atoms with Crippen molar-refractivity contribution < 1.29 is 13.2 Å². The summed E-state index contributed by atoms with van der Waals surface area (Å²) in [6.45, 7) is 3.85. The highest BCUT2D eigenvalue weighted by Crippen LogP contribution is 2.17. The predicted octanol–water partition coefficient (Wildman–Crippen LogP) is 2.53. The van der Waals surface area contributed by atoms with Gasteiger partial charge in [0.05, 0.1) is 10.6 Å². The van der Waals surface area contributed by atoms with Crippen molar-refractivity contribution in [1.82, 2.24) is 5.32 Å². The average molecular weight is 348 g/mol. The summed E-state index contributed by atoms with van der Waals surface area (Å²) in [4.78, 5) is 11.8. The number of rotatable bonds is 6. The summed E-state index contributed by atoms with van der Waals surface area (Å²) >= 11 is 3.23. The van der Waals surface area contributed by atoms with Gasteiger partial charge in [0, 0.05) is 16.9 Å². The largest absolute Gasteiger partial charge is 0.354 e. The molecule has 1 amide bonds. The zero-order valence-corrected chi connectivity index (χ0v) is 13.4. The first-order chi connectivity index (χ1) is 8.85. The standard InChI is InChI=1S/C13H18BrNO3S/c1-3-10(2)15-13(16)7-8-19(17,18)12-6-4-5-11(14)9-12/h4-6,9-10H,3,7-8H2,1-2H3,(H,15,16)/t10-/m0/s1. The molecule has 1 atom stereocenters. The fourth-order valence-electron chi connectivity index (χ4n) is 1.45. The Morgan fingerprint density at radius 2 is 2.11 bits per heavy atom. The van der Waals surface area contributed by atoms with Gasteiger partial charge >= 0.3 is 0 Å². The van der Waals surface area contributed by atoms with E-state index in [1.54, 1.807) is 18.2 Å². The van der Waals surface area contributed by atoms with Crippen molar-refractivity contribution in [2.75, 3.05) is 5.75 Å². The average Bonchev–Trinajstić information content (AvgIpc) is 2.36. The first-order valence-electron chi connectivity index (χ1n) is 6.13. The molecule has 0 bridgehead atoms. The van der Waals surface area contributed by atoms with Crippen molar-refractivity contribution in [3.05, 3.63) is 28.7 Å². The van der Waals surface area contributed by atoms with Crippen LogP contribution in [0.4, 0.5) is 0 Å². The third-order valence-electron chi connectivity index (χ3n) is 2.77. The van der Waals surface area contributed by atoms with Crippen LogP contribution in [0.1, 0.15) is 26.7 Å². The molecule has 1 aromatic carbocycles. The minimum absolute atomic E-state index is 0.0147. The molecule has 0 aromatic heterocycles. The number of sulfone groups is 1. The fraction of sp³-hybridized carbons (Fsp3) is 0.462. The van der Waals surface area contributed by atoms with Gasteiger partial charge in [0.15, 0.2) is 9.84 Å². The Balaban J connectivity index is 2.64. The molecule has 4 nitrogen and oxygen atoms in total. The van der Waals surface area contributed by atoms with E-state index in [-0.39, 0.29) is 29.0 Å². The Hall–Kier alpha value is -0.880. The molecule has 0 spiro atoms. The Bertz CT molecular complexity index is 543. The minimum Gasteiger partial charge on any atom is -0.354 e. The second-order valence-corrected chi connectivity index (χ2v) is 7.43. The molecule has 1 N–H and O–H groups in total. The molecule has 1 aromatic rings. The molecule has 106 valence electrons. The highest BCUT2D eigenvalue weighted by molar-refractivity contribution is 9.10. The number of hydrogen-bond donors (Lipinski definition) is 1. The van der Waals surface area contributed by atoms with Crippen LogP contribution in [0.2, 0.25) is 0 Å². The maximum absolute atomic E-state index is 12.0. The summed E-state index contributed by atoms with van der Waals surface area (Å²) in [5.41, 5.74) is 0. The van der Waals surface area contributed by atoms with E-state index in [9.17, 15) is 13.2 Å². The normalized spacial score (nSPS) is 13.0. The Morgan fingerprint density at radius 1 is 1.42 bits per heavy atom. The summed E-state index contributed by atoms with van der Waals surface area (Å²) in [5.74, 6) is -0.404. The summed E-state index contributed by atoms with van der Waals surface area (Å²) < 4.78 is 24.8. The first-order valence-corrected chi connectivity index (χ1v) is 8.57. The van der Waals surface area contributed by atoms with Crippen LogP contribution in [0.5, 0.6) is 0 Å². The van der Waals surface area contributed by atoms with Crippen molar-refractivity contribution in [2.45, 2.75) is 37.6 Å². The second kappa shape index (κ2) is 7.05. The van der Waals surface area contributed by atoms with E-state index in [0.717, 1.165) is 6.42 Å². The molecule has 0 saturated carbocycles. The molecule has 6 heteroatoms. The van der Waals surface area contributed by atoms with Crippen LogP contribution < -0.4 is 5.32 Å². The number of carbonyl (C=O) groups is 1. The molecular weight excluding hydrogens is 330 g/mol. The lowest BCUT2D eigenvalue weighted by Gasteiger charge is -2.11. The summed E-state index contributed by atoms with van der Waals surface area (Å²) in [7, 11) is -3.41. The van der Waals surface area contributed by atoms with Crippen molar-refractivity contribution in [3.63, 3.8) is 0 Å². The number of carbonyl (C=O) groups excluding carboxylic acids is 1. The van der Waals surface area contributed by atoms with Crippen molar-refractivity contribution in [3.8, 4) is 0 Å². The lowest BCUT2D eigenvalue weighted by Crippen LogP contribution is -2.33. The molecule has 19 heavy (non-hydrogen) atoms. The monoisotopic (exact) mass is 347 g/mol. The second-order valence-electron chi connectivity index (χ2n) is 4.40.